The molecule has 0 fully saturated rings. The van der Waals surface area contributed by atoms with Crippen molar-refractivity contribution in [1.82, 2.24) is 10.2 Å². The number of rotatable bonds is 6. The van der Waals surface area contributed by atoms with Gasteiger partial charge in [0.05, 0.1) is 13.2 Å². The number of hydrogen-bond donors (Lipinski definition) is 2. The van der Waals surface area contributed by atoms with Crippen LogP contribution in [-0.2, 0) is 9.53 Å². The summed E-state index contributed by atoms with van der Waals surface area (Å²) in [6.45, 7) is 0.662. The molecule has 0 aliphatic carbocycles. The van der Waals surface area contributed by atoms with Gasteiger partial charge in [0, 0.05) is 31.1 Å². The van der Waals surface area contributed by atoms with Crippen molar-refractivity contribution in [1.29, 1.82) is 0 Å². The number of aliphatic hydroxyl groups is 1. The number of β-amino-alcohol motifs (C(OH)–C–C–N with tert-alkyl or cyclic N) is 1. The zero-order valence-electron chi connectivity index (χ0n) is 13.5. The molecule has 24 heavy (non-hydrogen) atoms. The van der Waals surface area contributed by atoms with Crippen molar-refractivity contribution < 1.29 is 19.4 Å². The fourth-order valence-corrected chi connectivity index (χ4v) is 3.21. The van der Waals surface area contributed by atoms with Gasteiger partial charge in [-0.15, -0.1) is 0 Å². The molecule has 0 bridgehead atoms. The first-order valence-corrected chi connectivity index (χ1v) is 7.89. The lowest BCUT2D eigenvalue weighted by molar-refractivity contribution is -0.126. The fraction of sp³-hybridized carbons (Fsp3) is 0.333. The molecule has 126 valence electrons. The minimum absolute atomic E-state index is 0.103. The summed E-state index contributed by atoms with van der Waals surface area (Å²) in [5.74, 6) is -0.504. The standard InChI is InChI=1S/C18H20N2O4/c1-24-11-8-19-17(22)16-13-6-2-4-12-5-3-7-14(15(12)13)18(23)20(16)9-10-21/h2-7,16,21H,8-11H2,1H3,(H,19,22). The number of ether oxygens (including phenoxy) is 1. The van der Waals surface area contributed by atoms with Crippen LogP contribution >= 0.6 is 0 Å². The minimum Gasteiger partial charge on any atom is -0.395 e. The number of nitrogens with one attached hydrogen (secondary N) is 1. The molecule has 2 aromatic carbocycles. The Hall–Kier alpha value is -2.44. The van der Waals surface area contributed by atoms with Gasteiger partial charge in [0.25, 0.3) is 5.91 Å². The van der Waals surface area contributed by atoms with E-state index in [0.717, 1.165) is 16.3 Å². The Morgan fingerprint density at radius 2 is 2.04 bits per heavy atom. The van der Waals surface area contributed by atoms with Crippen molar-refractivity contribution in [2.75, 3.05) is 33.4 Å². The van der Waals surface area contributed by atoms with Crippen LogP contribution in [0.5, 0.6) is 0 Å². The highest BCUT2D eigenvalue weighted by molar-refractivity contribution is 6.13. The number of carbonyl (C=O) groups is 2. The zero-order chi connectivity index (χ0) is 17.1. The van der Waals surface area contributed by atoms with E-state index in [2.05, 4.69) is 5.32 Å². The van der Waals surface area contributed by atoms with E-state index in [0.29, 0.717) is 18.7 Å². The Morgan fingerprint density at radius 3 is 2.75 bits per heavy atom. The molecule has 0 saturated heterocycles. The first-order chi connectivity index (χ1) is 11.7. The second kappa shape index (κ2) is 6.98. The van der Waals surface area contributed by atoms with E-state index in [4.69, 9.17) is 4.74 Å². The van der Waals surface area contributed by atoms with Crippen LogP contribution in [0.25, 0.3) is 10.8 Å². The van der Waals surface area contributed by atoms with E-state index >= 15 is 0 Å². The average molecular weight is 328 g/mol. The predicted molar refractivity (Wildman–Crippen MR) is 89.7 cm³/mol. The molecule has 1 aliphatic heterocycles. The summed E-state index contributed by atoms with van der Waals surface area (Å²) in [5.41, 5.74) is 1.35. The van der Waals surface area contributed by atoms with Gasteiger partial charge >= 0.3 is 0 Å². The summed E-state index contributed by atoms with van der Waals surface area (Å²) >= 11 is 0. The molecule has 2 N–H and O–H groups in total. The molecular weight excluding hydrogens is 308 g/mol. The first-order valence-electron chi connectivity index (χ1n) is 7.89. The molecule has 1 atom stereocenters. The fourth-order valence-electron chi connectivity index (χ4n) is 3.21. The number of hydrogen-bond acceptors (Lipinski definition) is 4. The smallest absolute Gasteiger partial charge is 0.255 e. The highest BCUT2D eigenvalue weighted by atomic mass is 16.5. The summed E-state index contributed by atoms with van der Waals surface area (Å²) in [4.78, 5) is 27.0. The number of nitrogens with zero attached hydrogens (tertiary/aromatic N) is 1. The molecule has 0 aromatic heterocycles. The van der Waals surface area contributed by atoms with Gasteiger partial charge < -0.3 is 20.1 Å². The van der Waals surface area contributed by atoms with Crippen molar-refractivity contribution >= 4 is 22.6 Å². The van der Waals surface area contributed by atoms with E-state index in [1.807, 2.05) is 30.3 Å². The molecule has 1 aliphatic rings. The highest BCUT2D eigenvalue weighted by Crippen LogP contribution is 2.36. The van der Waals surface area contributed by atoms with Gasteiger partial charge in [-0.3, -0.25) is 9.59 Å². The third-order valence-corrected chi connectivity index (χ3v) is 4.23. The maximum Gasteiger partial charge on any atom is 0.255 e. The van der Waals surface area contributed by atoms with Crippen LogP contribution in [0.2, 0.25) is 0 Å². The zero-order valence-corrected chi connectivity index (χ0v) is 13.5. The lowest BCUT2D eigenvalue weighted by atomic mass is 9.89. The molecule has 0 spiro atoms. The average Bonchev–Trinajstić information content (AvgIpc) is 2.60. The van der Waals surface area contributed by atoms with Crippen LogP contribution in [0.4, 0.5) is 0 Å². The third-order valence-electron chi connectivity index (χ3n) is 4.23. The number of amides is 2. The highest BCUT2D eigenvalue weighted by Gasteiger charge is 2.37. The molecule has 2 amide bonds. The first kappa shape index (κ1) is 16.4. The summed E-state index contributed by atoms with van der Waals surface area (Å²) < 4.78 is 4.95. The van der Waals surface area contributed by atoms with Crippen LogP contribution < -0.4 is 5.32 Å². The van der Waals surface area contributed by atoms with Gasteiger partial charge in [-0.25, -0.2) is 0 Å². The van der Waals surface area contributed by atoms with E-state index in [9.17, 15) is 14.7 Å². The van der Waals surface area contributed by atoms with Crippen LogP contribution in [0.1, 0.15) is 22.0 Å². The summed E-state index contributed by atoms with van der Waals surface area (Å²) in [6, 6.07) is 10.4. The van der Waals surface area contributed by atoms with Gasteiger partial charge in [0.2, 0.25) is 5.91 Å². The van der Waals surface area contributed by atoms with Crippen molar-refractivity contribution in [2.24, 2.45) is 0 Å². The van der Waals surface area contributed by atoms with E-state index in [1.54, 1.807) is 13.2 Å². The number of benzene rings is 2. The Bertz CT molecular complexity index is 769. The summed E-state index contributed by atoms with van der Waals surface area (Å²) in [6.07, 6.45) is 0. The SMILES string of the molecule is COCCNC(=O)C1c2cccc3cccc(c23)C(=O)N1CCO. The quantitative estimate of drug-likeness (QED) is 0.778. The largest absolute Gasteiger partial charge is 0.395 e. The topological polar surface area (TPSA) is 78.9 Å². The number of aliphatic hydroxyl groups excluding tert-OH is 1. The van der Waals surface area contributed by atoms with Crippen LogP contribution in [0, 0.1) is 0 Å². The number of carbonyl (C=O) groups excluding carboxylic acids is 2. The van der Waals surface area contributed by atoms with E-state index < -0.39 is 6.04 Å². The third kappa shape index (κ3) is 2.74. The molecule has 2 aromatic rings. The number of methoxy groups -OCH3 is 1. The van der Waals surface area contributed by atoms with Crippen molar-refractivity contribution in [3.05, 3.63) is 47.5 Å². The molecule has 0 radical (unpaired) electrons. The summed E-state index contributed by atoms with van der Waals surface area (Å²) in [5, 5.41) is 13.9. The van der Waals surface area contributed by atoms with E-state index in [-0.39, 0.29) is 25.0 Å². The Morgan fingerprint density at radius 1 is 1.29 bits per heavy atom. The maximum atomic E-state index is 12.8. The van der Waals surface area contributed by atoms with E-state index in [1.165, 1.54) is 4.90 Å². The lowest BCUT2D eigenvalue weighted by Gasteiger charge is -2.35. The van der Waals surface area contributed by atoms with Gasteiger partial charge in [-0.2, -0.15) is 0 Å². The Kier molecular flexibility index (Phi) is 4.78. The molecule has 1 heterocycles. The summed E-state index contributed by atoms with van der Waals surface area (Å²) in [7, 11) is 1.56. The molecule has 6 heteroatoms. The lowest BCUT2D eigenvalue weighted by Crippen LogP contribution is -2.47. The van der Waals surface area contributed by atoms with Crippen molar-refractivity contribution in [2.45, 2.75) is 6.04 Å². The molecule has 6 nitrogen and oxygen atoms in total. The van der Waals surface area contributed by atoms with Crippen LogP contribution in [0.15, 0.2) is 36.4 Å². The van der Waals surface area contributed by atoms with Crippen LogP contribution in [-0.4, -0.2) is 55.2 Å². The normalized spacial score (nSPS) is 16.5. The molecule has 0 saturated carbocycles. The minimum atomic E-state index is -0.750. The Balaban J connectivity index is 2.08. The Labute approximate surface area is 140 Å². The monoisotopic (exact) mass is 328 g/mol. The van der Waals surface area contributed by atoms with Crippen molar-refractivity contribution in [3.63, 3.8) is 0 Å². The molecule has 3 rings (SSSR count). The van der Waals surface area contributed by atoms with Crippen molar-refractivity contribution in [3.8, 4) is 0 Å². The van der Waals surface area contributed by atoms with Gasteiger partial charge in [0.15, 0.2) is 0 Å². The second-order valence-electron chi connectivity index (χ2n) is 5.66. The van der Waals surface area contributed by atoms with Gasteiger partial charge in [-0.05, 0) is 17.0 Å². The molecular formula is C18H20N2O4. The van der Waals surface area contributed by atoms with Crippen LogP contribution in [0.3, 0.4) is 0 Å². The predicted octanol–water partition coefficient (Wildman–Crippen LogP) is 1.09. The van der Waals surface area contributed by atoms with Gasteiger partial charge in [-0.1, -0.05) is 30.3 Å². The second-order valence-corrected chi connectivity index (χ2v) is 5.66. The van der Waals surface area contributed by atoms with Gasteiger partial charge in [0.1, 0.15) is 6.04 Å². The molecule has 1 unspecified atom stereocenters. The maximum absolute atomic E-state index is 12.8.